The first-order valence-electron chi connectivity index (χ1n) is 3.97. The van der Waals surface area contributed by atoms with Gasteiger partial charge < -0.3 is 0 Å². The number of rotatable bonds is 0. The molecule has 2 aromatic carbocycles. The van der Waals surface area contributed by atoms with E-state index in [1.807, 2.05) is 24.3 Å². The molecule has 66 valence electrons. The Labute approximate surface area is 85.8 Å². The zero-order valence-electron chi connectivity index (χ0n) is 6.84. The van der Waals surface area contributed by atoms with Crippen molar-refractivity contribution in [1.82, 2.24) is 0 Å². The van der Waals surface area contributed by atoms with Crippen LogP contribution >= 0.6 is 0 Å². The molecule has 2 aromatic rings. The molecule has 0 saturated carbocycles. The molecule has 0 aliphatic rings. The zero-order valence-corrected chi connectivity index (χ0v) is 7.78. The van der Waals surface area contributed by atoms with Crippen LogP contribution in [-0.4, -0.2) is 0 Å². The van der Waals surface area contributed by atoms with Gasteiger partial charge in [-0.05, 0) is 0 Å². The van der Waals surface area contributed by atoms with E-state index in [4.69, 9.17) is 16.0 Å². The van der Waals surface area contributed by atoms with Gasteiger partial charge in [0, 0.05) is 0 Å². The van der Waals surface area contributed by atoms with E-state index in [0.717, 1.165) is 5.56 Å². The summed E-state index contributed by atoms with van der Waals surface area (Å²) in [6.45, 7) is 0. The van der Waals surface area contributed by atoms with Crippen molar-refractivity contribution in [2.45, 2.75) is 0 Å². The van der Waals surface area contributed by atoms with Crippen LogP contribution in [0.1, 0.15) is 5.56 Å². The molecular weight excluding hydrogens is 208 g/mol. The number of benzene rings is 2. The van der Waals surface area contributed by atoms with Gasteiger partial charge in [-0.1, -0.05) is 0 Å². The third-order valence-electron chi connectivity index (χ3n) is 1.96. The summed E-state index contributed by atoms with van der Waals surface area (Å²) in [6, 6.07) is 14.2. The van der Waals surface area contributed by atoms with Gasteiger partial charge in [-0.15, -0.1) is 0 Å². The first-order valence-corrected chi connectivity index (χ1v) is 4.44. The van der Waals surface area contributed by atoms with Gasteiger partial charge in [-0.2, -0.15) is 0 Å². The summed E-state index contributed by atoms with van der Waals surface area (Å²) in [5, 5.41) is 2.37. The number of hydrogen-bond donors (Lipinski definition) is 0. The van der Waals surface area contributed by atoms with Gasteiger partial charge in [0.2, 0.25) is 0 Å². The molecule has 2 rings (SSSR count). The van der Waals surface area contributed by atoms with Crippen LogP contribution in [0.25, 0.3) is 10.8 Å². The third-order valence-corrected chi connectivity index (χ3v) is 2.08. The molecule has 0 saturated heterocycles. The fraction of sp³-hybridized carbons (Fsp3) is 0. The van der Waals surface area contributed by atoms with Crippen molar-refractivity contribution in [3.05, 3.63) is 48.0 Å². The summed E-state index contributed by atoms with van der Waals surface area (Å²) in [6.07, 6.45) is 0. The summed E-state index contributed by atoms with van der Waals surface area (Å²) in [5.41, 5.74) is 1.00. The second-order valence-electron chi connectivity index (χ2n) is 2.73. The third kappa shape index (κ3) is 1.60. The Morgan fingerprint density at radius 1 is 0.923 bits per heavy atom. The van der Waals surface area contributed by atoms with Gasteiger partial charge in [0.15, 0.2) is 0 Å². The van der Waals surface area contributed by atoms with Crippen LogP contribution in [0.15, 0.2) is 42.5 Å². The zero-order chi connectivity index (χ0) is 9.10. The van der Waals surface area contributed by atoms with Crippen molar-refractivity contribution in [2.24, 2.45) is 0 Å². The molecule has 0 fully saturated rings. The van der Waals surface area contributed by atoms with E-state index in [1.54, 1.807) is 0 Å². The molecule has 0 amide bonds. The van der Waals surface area contributed by atoms with Gasteiger partial charge in [0.05, 0.1) is 0 Å². The fourth-order valence-corrected chi connectivity index (χ4v) is 1.50. The van der Waals surface area contributed by atoms with Crippen LogP contribution in [0.5, 0.6) is 0 Å². The van der Waals surface area contributed by atoms with E-state index >= 15 is 0 Å². The van der Waals surface area contributed by atoms with Crippen LogP contribution < -0.4 is 0 Å². The van der Waals surface area contributed by atoms with Crippen LogP contribution in [0.3, 0.4) is 0 Å². The molecule has 0 aromatic heterocycles. The molecule has 0 atom stereocenters. The van der Waals surface area contributed by atoms with E-state index < -0.39 is 0 Å². The van der Waals surface area contributed by atoms with Crippen LogP contribution in [0, 0.1) is 10.7 Å². The predicted octanol–water partition coefficient (Wildman–Crippen LogP) is 2.70. The van der Waals surface area contributed by atoms with E-state index in [-0.39, 0.29) is 0 Å². The van der Waals surface area contributed by atoms with E-state index in [9.17, 15) is 0 Å². The monoisotopic (exact) mass is 214 g/mol. The quantitative estimate of drug-likeness (QED) is 0.467. The Bertz CT molecular complexity index is 484. The molecule has 0 radical (unpaired) electrons. The maximum absolute atomic E-state index is 4.77. The van der Waals surface area contributed by atoms with Gasteiger partial charge in [0.25, 0.3) is 0 Å². The van der Waals surface area contributed by atoms with Crippen molar-refractivity contribution >= 4 is 10.8 Å². The molecule has 1 heteroatoms. The SMILES string of the molecule is [Cu][C]#Cc1cccc2ccccc12. The second-order valence-corrected chi connectivity index (χ2v) is 2.96. The minimum atomic E-state index is 1.00. The average Bonchev–Trinajstić information content (AvgIpc) is 2.19. The second kappa shape index (κ2) is 3.66. The van der Waals surface area contributed by atoms with Gasteiger partial charge in [-0.3, -0.25) is 0 Å². The first kappa shape index (κ1) is 8.38. The van der Waals surface area contributed by atoms with Crippen LogP contribution in [0.2, 0.25) is 0 Å². The van der Waals surface area contributed by atoms with Crippen molar-refractivity contribution in [1.29, 1.82) is 0 Å². The molecule has 0 nitrogen and oxygen atoms in total. The van der Waals surface area contributed by atoms with Crippen LogP contribution in [0.4, 0.5) is 0 Å². The molecule has 0 heterocycles. The van der Waals surface area contributed by atoms with E-state index in [2.05, 4.69) is 28.9 Å². The molecule has 0 unspecified atom stereocenters. The average molecular weight is 215 g/mol. The molecule has 13 heavy (non-hydrogen) atoms. The van der Waals surface area contributed by atoms with Gasteiger partial charge in [-0.25, -0.2) is 0 Å². The van der Waals surface area contributed by atoms with Gasteiger partial charge in [0.1, 0.15) is 0 Å². The van der Waals surface area contributed by atoms with Gasteiger partial charge >= 0.3 is 85.6 Å². The summed E-state index contributed by atoms with van der Waals surface area (Å²) in [7, 11) is 0. The van der Waals surface area contributed by atoms with E-state index in [0.29, 0.717) is 0 Å². The minimum absolute atomic E-state index is 1.00. The van der Waals surface area contributed by atoms with Crippen molar-refractivity contribution in [3.63, 3.8) is 0 Å². The molecule has 0 spiro atoms. The molecular formula is C12H7Cu. The van der Waals surface area contributed by atoms with Crippen LogP contribution in [-0.2, 0) is 16.0 Å². The number of fused-ring (bicyclic) bond motifs is 1. The Morgan fingerprint density at radius 2 is 1.69 bits per heavy atom. The topological polar surface area (TPSA) is 0 Å². The Hall–Kier alpha value is -1.22. The van der Waals surface area contributed by atoms with E-state index in [1.165, 1.54) is 10.8 Å². The first-order chi connectivity index (χ1) is 6.42. The normalized spacial score (nSPS) is 9.38. The summed E-state index contributed by atoms with van der Waals surface area (Å²) >= 11 is 4.77. The molecule has 0 bridgehead atoms. The molecule has 0 N–H and O–H groups in total. The Morgan fingerprint density at radius 3 is 2.54 bits per heavy atom. The summed E-state index contributed by atoms with van der Waals surface area (Å²) in [4.78, 5) is 2.49. The summed E-state index contributed by atoms with van der Waals surface area (Å²) in [5.74, 6) is 2.91. The maximum atomic E-state index is 4.77. The summed E-state index contributed by atoms with van der Waals surface area (Å²) < 4.78 is 0. The Balaban J connectivity index is 2.80. The number of hydrogen-bond acceptors (Lipinski definition) is 0. The fourth-order valence-electron chi connectivity index (χ4n) is 1.38. The van der Waals surface area contributed by atoms with Crippen molar-refractivity contribution in [2.75, 3.05) is 0 Å². The molecule has 0 aliphatic carbocycles. The standard InChI is InChI=1S/C12H7.Cu/c1-2-10-7-5-8-11-6-3-4-9-12(10)11;/h3-9H;. The Kier molecular flexibility index (Phi) is 2.36. The van der Waals surface area contributed by atoms with Crippen molar-refractivity contribution in [3.8, 4) is 10.7 Å². The van der Waals surface area contributed by atoms with Crippen molar-refractivity contribution < 1.29 is 16.0 Å². The predicted molar refractivity (Wildman–Crippen MR) is 50.8 cm³/mol. The molecule has 0 aliphatic heterocycles.